The maximum atomic E-state index is 13.6. The van der Waals surface area contributed by atoms with Gasteiger partial charge in [0.2, 0.25) is 5.95 Å². The van der Waals surface area contributed by atoms with Gasteiger partial charge in [0, 0.05) is 23.7 Å². The number of halogens is 1. The second-order valence-corrected chi connectivity index (χ2v) is 13.5. The number of nitrogens with one attached hydrogen (secondary N) is 1. The van der Waals surface area contributed by atoms with E-state index in [0.29, 0.717) is 52.3 Å². The van der Waals surface area contributed by atoms with Crippen molar-refractivity contribution in [2.24, 2.45) is 0 Å². The van der Waals surface area contributed by atoms with Crippen molar-refractivity contribution in [3.05, 3.63) is 89.7 Å². The molecule has 0 unspecified atom stereocenters. The van der Waals surface area contributed by atoms with Crippen molar-refractivity contribution >= 4 is 55.9 Å². The molecule has 0 bridgehead atoms. The lowest BCUT2D eigenvalue weighted by Gasteiger charge is -2.25. The minimum Gasteiger partial charge on any atom is -0.495 e. The minimum absolute atomic E-state index is 0.160. The number of para-hydroxylation sites is 1. The van der Waals surface area contributed by atoms with Crippen LogP contribution in [0.4, 0.5) is 22.1 Å². The molecule has 1 amide bonds. The highest BCUT2D eigenvalue weighted by Crippen LogP contribution is 2.40. The van der Waals surface area contributed by atoms with Crippen molar-refractivity contribution in [3.8, 4) is 17.0 Å². The molecule has 6 rings (SSSR count). The SMILES string of the molecule is COc1cc2c(cc1Nc1ncc(Cl)c(-c3cn(S(=O)(=O)c4ccccc4)c4ccccc34)n1)N(C(=O)OC(C)(C)C)CC2. The largest absolute Gasteiger partial charge is 0.495 e. The van der Waals surface area contributed by atoms with Crippen molar-refractivity contribution < 1.29 is 22.7 Å². The zero-order valence-electron chi connectivity index (χ0n) is 24.5. The Labute approximate surface area is 260 Å². The van der Waals surface area contributed by atoms with E-state index in [2.05, 4.69) is 10.3 Å². The number of anilines is 3. The number of rotatable bonds is 6. The minimum atomic E-state index is -3.91. The predicted octanol–water partition coefficient (Wildman–Crippen LogP) is 7.04. The summed E-state index contributed by atoms with van der Waals surface area (Å²) in [6, 6.07) is 19.1. The molecule has 0 aliphatic carbocycles. The Kier molecular flexibility index (Phi) is 7.46. The number of ether oxygens (including phenoxy) is 2. The third-order valence-electron chi connectivity index (χ3n) is 7.13. The number of carbonyl (C=O) groups excluding carboxylic acids is 1. The van der Waals surface area contributed by atoms with Crippen LogP contribution in [0.5, 0.6) is 5.75 Å². The van der Waals surface area contributed by atoms with Gasteiger partial charge in [-0.25, -0.2) is 27.2 Å². The number of nitrogens with zero attached hydrogens (tertiary/aromatic N) is 4. The third kappa shape index (κ3) is 5.44. The molecule has 3 heterocycles. The van der Waals surface area contributed by atoms with E-state index in [1.165, 1.54) is 16.4 Å². The van der Waals surface area contributed by atoms with Crippen LogP contribution < -0.4 is 15.0 Å². The van der Waals surface area contributed by atoms with E-state index in [9.17, 15) is 13.2 Å². The molecule has 0 radical (unpaired) electrons. The van der Waals surface area contributed by atoms with Gasteiger partial charge < -0.3 is 14.8 Å². The highest BCUT2D eigenvalue weighted by atomic mass is 35.5. The molecule has 226 valence electrons. The number of hydrogen-bond donors (Lipinski definition) is 1. The molecule has 44 heavy (non-hydrogen) atoms. The Balaban J connectivity index is 1.40. The number of hydrogen-bond acceptors (Lipinski definition) is 8. The Morgan fingerprint density at radius 2 is 1.77 bits per heavy atom. The molecule has 0 spiro atoms. The van der Waals surface area contributed by atoms with Gasteiger partial charge >= 0.3 is 6.09 Å². The van der Waals surface area contributed by atoms with Crippen LogP contribution in [0.1, 0.15) is 26.3 Å². The molecule has 0 saturated carbocycles. The molecule has 3 aromatic carbocycles. The van der Waals surface area contributed by atoms with Crippen LogP contribution in [0.25, 0.3) is 22.2 Å². The fourth-order valence-corrected chi connectivity index (χ4v) is 6.75. The molecular weight excluding hydrogens is 602 g/mol. The second-order valence-electron chi connectivity index (χ2n) is 11.3. The van der Waals surface area contributed by atoms with Gasteiger partial charge in [0.05, 0.1) is 45.8 Å². The summed E-state index contributed by atoms with van der Waals surface area (Å²) in [5.41, 5.74) is 2.90. The number of methoxy groups -OCH3 is 1. The second kappa shape index (κ2) is 11.1. The molecule has 1 aliphatic heterocycles. The van der Waals surface area contributed by atoms with E-state index < -0.39 is 21.7 Å². The van der Waals surface area contributed by atoms with Crippen LogP contribution in [0, 0.1) is 0 Å². The van der Waals surface area contributed by atoms with Gasteiger partial charge in [0.15, 0.2) is 0 Å². The highest BCUT2D eigenvalue weighted by Gasteiger charge is 2.30. The van der Waals surface area contributed by atoms with Gasteiger partial charge in [0.1, 0.15) is 11.4 Å². The van der Waals surface area contributed by atoms with E-state index in [4.69, 9.17) is 26.1 Å². The first kappa shape index (κ1) is 29.5. The van der Waals surface area contributed by atoms with Crippen LogP contribution in [0.15, 0.2) is 84.0 Å². The fraction of sp³-hybridized carbons (Fsp3) is 0.219. The third-order valence-corrected chi connectivity index (χ3v) is 9.10. The summed E-state index contributed by atoms with van der Waals surface area (Å²) < 4.78 is 39.8. The fourth-order valence-electron chi connectivity index (χ4n) is 5.17. The lowest BCUT2D eigenvalue weighted by atomic mass is 10.1. The highest BCUT2D eigenvalue weighted by molar-refractivity contribution is 7.90. The van der Waals surface area contributed by atoms with E-state index in [1.54, 1.807) is 60.5 Å². The summed E-state index contributed by atoms with van der Waals surface area (Å²) in [5.74, 6) is 0.743. The molecule has 10 nitrogen and oxygen atoms in total. The number of carbonyl (C=O) groups is 1. The van der Waals surface area contributed by atoms with Crippen molar-refractivity contribution in [2.75, 3.05) is 23.9 Å². The van der Waals surface area contributed by atoms with Crippen LogP contribution >= 0.6 is 11.6 Å². The van der Waals surface area contributed by atoms with Crippen molar-refractivity contribution in [1.29, 1.82) is 0 Å². The summed E-state index contributed by atoms with van der Waals surface area (Å²) in [6.07, 6.45) is 3.21. The Hall–Kier alpha value is -4.61. The van der Waals surface area contributed by atoms with Gasteiger partial charge in [0.25, 0.3) is 10.0 Å². The topological polar surface area (TPSA) is 116 Å². The summed E-state index contributed by atoms with van der Waals surface area (Å²) >= 11 is 6.62. The zero-order valence-corrected chi connectivity index (χ0v) is 26.1. The molecule has 0 saturated heterocycles. The van der Waals surface area contributed by atoms with Gasteiger partial charge in [-0.05, 0) is 63.1 Å². The molecule has 12 heteroatoms. The number of benzene rings is 3. The van der Waals surface area contributed by atoms with E-state index in [1.807, 2.05) is 39.0 Å². The van der Waals surface area contributed by atoms with Crippen molar-refractivity contribution in [2.45, 2.75) is 37.7 Å². The molecule has 5 aromatic rings. The van der Waals surface area contributed by atoms with Gasteiger partial charge in [-0.2, -0.15) is 0 Å². The number of aromatic nitrogens is 3. The summed E-state index contributed by atoms with van der Waals surface area (Å²) in [6.45, 7) is 5.96. The molecule has 0 fully saturated rings. The standard InChI is InChI=1S/C32H30ClN5O5S/c1-32(2,3)43-31(39)37-15-14-20-16-28(42-4)25(17-27(20)37)35-30-34-18-24(33)29(36-30)23-19-38(26-13-9-8-12-22(23)26)44(40,41)21-10-6-5-7-11-21/h5-13,16-19H,14-15H2,1-4H3,(H,34,35,36). The monoisotopic (exact) mass is 631 g/mol. The van der Waals surface area contributed by atoms with E-state index in [0.717, 1.165) is 5.56 Å². The Morgan fingerprint density at radius 3 is 2.50 bits per heavy atom. The van der Waals surface area contributed by atoms with Crippen molar-refractivity contribution in [3.63, 3.8) is 0 Å². The summed E-state index contributed by atoms with van der Waals surface area (Å²) in [7, 11) is -2.35. The number of amides is 1. The molecular formula is C32H30ClN5O5S. The smallest absolute Gasteiger partial charge is 0.414 e. The van der Waals surface area contributed by atoms with Crippen LogP contribution in [0.3, 0.4) is 0 Å². The molecule has 1 aliphatic rings. The maximum absolute atomic E-state index is 13.6. The normalized spacial score (nSPS) is 13.2. The predicted molar refractivity (Wildman–Crippen MR) is 171 cm³/mol. The lowest BCUT2D eigenvalue weighted by Crippen LogP contribution is -2.35. The van der Waals surface area contributed by atoms with E-state index >= 15 is 0 Å². The summed E-state index contributed by atoms with van der Waals surface area (Å²) in [5, 5.41) is 4.10. The van der Waals surface area contributed by atoms with Gasteiger partial charge in [-0.15, -0.1) is 0 Å². The lowest BCUT2D eigenvalue weighted by molar-refractivity contribution is 0.0584. The summed E-state index contributed by atoms with van der Waals surface area (Å²) in [4.78, 5) is 23.8. The molecule has 2 aromatic heterocycles. The Bertz CT molecular complexity index is 2010. The maximum Gasteiger partial charge on any atom is 0.414 e. The van der Waals surface area contributed by atoms with Crippen LogP contribution in [0.2, 0.25) is 5.02 Å². The quantitative estimate of drug-likeness (QED) is 0.212. The van der Waals surface area contributed by atoms with Crippen LogP contribution in [-0.2, 0) is 21.2 Å². The molecule has 0 atom stereocenters. The average Bonchev–Trinajstić information content (AvgIpc) is 3.59. The average molecular weight is 632 g/mol. The van der Waals surface area contributed by atoms with Crippen LogP contribution in [-0.4, -0.2) is 47.7 Å². The zero-order chi connectivity index (χ0) is 31.2. The molecule has 1 N–H and O–H groups in total. The first-order valence-corrected chi connectivity index (χ1v) is 15.7. The van der Waals surface area contributed by atoms with Gasteiger partial charge in [-0.3, -0.25) is 4.90 Å². The van der Waals surface area contributed by atoms with Gasteiger partial charge in [-0.1, -0.05) is 48.0 Å². The first-order valence-electron chi connectivity index (χ1n) is 13.9. The first-order chi connectivity index (χ1) is 21.0. The van der Waals surface area contributed by atoms with Crippen molar-refractivity contribution in [1.82, 2.24) is 13.9 Å². The van der Waals surface area contributed by atoms with E-state index in [-0.39, 0.29) is 15.9 Å². The number of fused-ring (bicyclic) bond motifs is 2. The Morgan fingerprint density at radius 1 is 1.05 bits per heavy atom.